The summed E-state index contributed by atoms with van der Waals surface area (Å²) in [5.41, 5.74) is -0.736. The number of aromatic nitrogens is 2. The van der Waals surface area contributed by atoms with Crippen molar-refractivity contribution in [1.82, 2.24) is 9.55 Å². The number of hydrogen-bond donors (Lipinski definition) is 2. The monoisotopic (exact) mass is 270 g/mol. The fraction of sp³-hybridized carbons (Fsp3) is 0.200. The second kappa shape index (κ2) is 3.79. The molecule has 2 aromatic rings. The highest BCUT2D eigenvalue weighted by atomic mass is 32.2. The lowest BCUT2D eigenvalue weighted by molar-refractivity contribution is 0.483. The summed E-state index contributed by atoms with van der Waals surface area (Å²) in [6, 6.07) is 2.27. The molecule has 0 saturated heterocycles. The summed E-state index contributed by atoms with van der Waals surface area (Å²) in [6.07, 6.45) is 0. The smallest absolute Gasteiger partial charge is 0.296 e. The molecule has 0 bridgehead atoms. The van der Waals surface area contributed by atoms with Crippen LogP contribution >= 0.6 is 0 Å². The third-order valence-electron chi connectivity index (χ3n) is 2.70. The van der Waals surface area contributed by atoms with Gasteiger partial charge < -0.3 is 0 Å². The molecule has 2 rings (SSSR count). The largest absolute Gasteiger partial charge is 0.328 e. The van der Waals surface area contributed by atoms with E-state index in [4.69, 9.17) is 4.55 Å². The number of aryl methyl sites for hydroxylation is 2. The highest BCUT2D eigenvalue weighted by Crippen LogP contribution is 2.19. The Morgan fingerprint density at radius 3 is 2.44 bits per heavy atom. The molecule has 0 saturated carbocycles. The summed E-state index contributed by atoms with van der Waals surface area (Å²) in [5, 5.41) is 0.213. The maximum atomic E-state index is 11.7. The lowest BCUT2D eigenvalue weighted by Crippen LogP contribution is -2.29. The average molecular weight is 270 g/mol. The number of aromatic amines is 1. The minimum atomic E-state index is -4.39. The Bertz CT molecular complexity index is 860. The van der Waals surface area contributed by atoms with E-state index in [0.29, 0.717) is 5.56 Å². The van der Waals surface area contributed by atoms with Gasteiger partial charge in [0.2, 0.25) is 0 Å². The minimum Gasteiger partial charge on any atom is -0.296 e. The molecule has 1 heterocycles. The van der Waals surface area contributed by atoms with Gasteiger partial charge >= 0.3 is 5.69 Å². The molecule has 0 radical (unpaired) electrons. The van der Waals surface area contributed by atoms with Crippen LogP contribution in [0.2, 0.25) is 0 Å². The molecule has 18 heavy (non-hydrogen) atoms. The zero-order valence-electron chi connectivity index (χ0n) is 9.59. The number of rotatable bonds is 1. The Labute approximate surface area is 101 Å². The fourth-order valence-corrected chi connectivity index (χ4v) is 2.38. The molecule has 0 amide bonds. The van der Waals surface area contributed by atoms with E-state index in [1.54, 1.807) is 0 Å². The van der Waals surface area contributed by atoms with Gasteiger partial charge in [-0.25, -0.2) is 4.79 Å². The second-order valence-electron chi connectivity index (χ2n) is 3.93. The van der Waals surface area contributed by atoms with E-state index >= 15 is 0 Å². The summed E-state index contributed by atoms with van der Waals surface area (Å²) in [5.74, 6) is 0. The van der Waals surface area contributed by atoms with Gasteiger partial charge in [0, 0.05) is 7.05 Å². The first-order chi connectivity index (χ1) is 8.21. The van der Waals surface area contributed by atoms with Crippen molar-refractivity contribution in [3.63, 3.8) is 0 Å². The minimum absolute atomic E-state index is 0.149. The first-order valence-electron chi connectivity index (χ1n) is 4.93. The van der Waals surface area contributed by atoms with Crippen molar-refractivity contribution in [2.45, 2.75) is 11.8 Å². The molecule has 0 atom stereocenters. The average Bonchev–Trinajstić information content (AvgIpc) is 2.23. The molecular formula is C10H10N2O5S. The summed E-state index contributed by atoms with van der Waals surface area (Å²) in [4.78, 5) is 24.8. The van der Waals surface area contributed by atoms with Crippen molar-refractivity contribution in [2.75, 3.05) is 0 Å². The SMILES string of the molecule is Cc1cc(S(=O)(=O)O)cc2c1c(=O)[nH]c(=O)n2C. The van der Waals surface area contributed by atoms with E-state index in [2.05, 4.69) is 4.98 Å². The number of hydrogen-bond acceptors (Lipinski definition) is 4. The molecular weight excluding hydrogens is 260 g/mol. The molecule has 1 aromatic carbocycles. The van der Waals surface area contributed by atoms with Crippen molar-refractivity contribution in [2.24, 2.45) is 7.05 Å². The molecule has 7 nitrogen and oxygen atoms in total. The quantitative estimate of drug-likeness (QED) is 0.696. The van der Waals surface area contributed by atoms with E-state index < -0.39 is 21.4 Å². The first-order valence-corrected chi connectivity index (χ1v) is 6.37. The van der Waals surface area contributed by atoms with Gasteiger partial charge in [-0.05, 0) is 24.6 Å². The van der Waals surface area contributed by atoms with E-state index in [-0.39, 0.29) is 15.8 Å². The summed E-state index contributed by atoms with van der Waals surface area (Å²) in [6.45, 7) is 1.52. The van der Waals surface area contributed by atoms with E-state index in [9.17, 15) is 18.0 Å². The third kappa shape index (κ3) is 1.85. The van der Waals surface area contributed by atoms with Crippen molar-refractivity contribution in [3.8, 4) is 0 Å². The number of benzene rings is 1. The Balaban J connectivity index is 3.11. The topological polar surface area (TPSA) is 109 Å². The second-order valence-corrected chi connectivity index (χ2v) is 5.35. The molecule has 0 fully saturated rings. The summed E-state index contributed by atoms with van der Waals surface area (Å²) >= 11 is 0. The maximum Gasteiger partial charge on any atom is 0.328 e. The van der Waals surface area contributed by atoms with Crippen LogP contribution in [0.25, 0.3) is 10.9 Å². The Morgan fingerprint density at radius 1 is 1.28 bits per heavy atom. The molecule has 0 aliphatic heterocycles. The lowest BCUT2D eigenvalue weighted by Gasteiger charge is -2.07. The molecule has 0 unspecified atom stereocenters. The van der Waals surface area contributed by atoms with Crippen LogP contribution in [0.15, 0.2) is 26.6 Å². The van der Waals surface area contributed by atoms with Crippen LogP contribution in [0.5, 0.6) is 0 Å². The van der Waals surface area contributed by atoms with Crippen LogP contribution < -0.4 is 11.2 Å². The first kappa shape index (κ1) is 12.5. The Kier molecular flexibility index (Phi) is 2.63. The molecule has 0 spiro atoms. The number of H-pyrrole nitrogens is 1. The number of nitrogens with zero attached hydrogens (tertiary/aromatic N) is 1. The standard InChI is InChI=1S/C10H10N2O5S/c1-5-3-6(18(15,16)17)4-7-8(5)9(13)11-10(14)12(7)2/h3-4H,1-2H3,(H,11,13,14)(H,15,16,17). The lowest BCUT2D eigenvalue weighted by atomic mass is 10.1. The van der Waals surface area contributed by atoms with Gasteiger partial charge in [0.25, 0.3) is 15.7 Å². The van der Waals surface area contributed by atoms with E-state index in [1.165, 1.54) is 20.0 Å². The Hall–Kier alpha value is -1.93. The van der Waals surface area contributed by atoms with Crippen LogP contribution in [0.4, 0.5) is 0 Å². The van der Waals surface area contributed by atoms with Gasteiger partial charge in [-0.1, -0.05) is 0 Å². The normalized spacial score (nSPS) is 11.9. The van der Waals surface area contributed by atoms with Crippen LogP contribution in [-0.4, -0.2) is 22.5 Å². The summed E-state index contributed by atoms with van der Waals surface area (Å²) < 4.78 is 32.3. The molecule has 8 heteroatoms. The highest BCUT2D eigenvalue weighted by Gasteiger charge is 2.15. The fourth-order valence-electron chi connectivity index (χ4n) is 1.80. The van der Waals surface area contributed by atoms with Crippen LogP contribution in [0.1, 0.15) is 5.56 Å². The van der Waals surface area contributed by atoms with Crippen molar-refractivity contribution in [3.05, 3.63) is 38.5 Å². The van der Waals surface area contributed by atoms with Gasteiger partial charge in [0.05, 0.1) is 15.8 Å². The van der Waals surface area contributed by atoms with Crippen molar-refractivity contribution < 1.29 is 13.0 Å². The molecule has 2 N–H and O–H groups in total. The Morgan fingerprint density at radius 2 is 1.89 bits per heavy atom. The predicted octanol–water partition coefficient (Wildman–Crippen LogP) is -0.218. The highest BCUT2D eigenvalue weighted by molar-refractivity contribution is 7.85. The predicted molar refractivity (Wildman–Crippen MR) is 64.4 cm³/mol. The zero-order chi connectivity index (χ0) is 13.7. The van der Waals surface area contributed by atoms with Crippen molar-refractivity contribution in [1.29, 1.82) is 0 Å². The summed E-state index contributed by atoms with van der Waals surface area (Å²) in [7, 11) is -2.99. The van der Waals surface area contributed by atoms with Gasteiger partial charge in [-0.15, -0.1) is 0 Å². The van der Waals surface area contributed by atoms with Gasteiger partial charge in [0.15, 0.2) is 0 Å². The van der Waals surface area contributed by atoms with E-state index in [0.717, 1.165) is 10.6 Å². The molecule has 0 aliphatic rings. The van der Waals surface area contributed by atoms with Crippen LogP contribution in [0, 0.1) is 6.92 Å². The number of fused-ring (bicyclic) bond motifs is 1. The van der Waals surface area contributed by atoms with Gasteiger partial charge in [0.1, 0.15) is 0 Å². The maximum absolute atomic E-state index is 11.7. The van der Waals surface area contributed by atoms with Crippen LogP contribution in [-0.2, 0) is 17.2 Å². The van der Waals surface area contributed by atoms with Gasteiger partial charge in [-0.3, -0.25) is 18.9 Å². The molecule has 1 aromatic heterocycles. The van der Waals surface area contributed by atoms with Crippen LogP contribution in [0.3, 0.4) is 0 Å². The third-order valence-corrected chi connectivity index (χ3v) is 3.53. The zero-order valence-corrected chi connectivity index (χ0v) is 10.4. The van der Waals surface area contributed by atoms with Crippen molar-refractivity contribution >= 4 is 21.0 Å². The van der Waals surface area contributed by atoms with Gasteiger partial charge in [-0.2, -0.15) is 8.42 Å². The van der Waals surface area contributed by atoms with E-state index in [1.807, 2.05) is 0 Å². The number of nitrogens with one attached hydrogen (secondary N) is 1. The molecule has 0 aliphatic carbocycles. The molecule has 96 valence electrons.